The summed E-state index contributed by atoms with van der Waals surface area (Å²) in [6, 6.07) is 4.67. The molecule has 2 unspecified atom stereocenters. The van der Waals surface area contributed by atoms with Gasteiger partial charge in [-0.1, -0.05) is 23.8 Å². The fourth-order valence-corrected chi connectivity index (χ4v) is 4.88. The van der Waals surface area contributed by atoms with Crippen molar-refractivity contribution in [3.05, 3.63) is 47.8 Å². The van der Waals surface area contributed by atoms with Crippen molar-refractivity contribution in [1.82, 2.24) is 20.4 Å². The molecule has 1 aromatic heterocycles. The first-order valence-electron chi connectivity index (χ1n) is 10.3. The predicted octanol–water partition coefficient (Wildman–Crippen LogP) is 1.99. The van der Waals surface area contributed by atoms with Crippen LogP contribution in [0.2, 0.25) is 0 Å². The summed E-state index contributed by atoms with van der Waals surface area (Å²) in [5.41, 5.74) is 0.944. The van der Waals surface area contributed by atoms with Gasteiger partial charge >= 0.3 is 0 Å². The minimum Gasteiger partial charge on any atom is -0.352 e. The second kappa shape index (κ2) is 7.05. The molecule has 1 aliphatic carbocycles. The lowest BCUT2D eigenvalue weighted by Crippen LogP contribution is -2.48. The van der Waals surface area contributed by atoms with Gasteiger partial charge < -0.3 is 4.90 Å². The van der Waals surface area contributed by atoms with Gasteiger partial charge in [-0.15, -0.1) is 0 Å². The van der Waals surface area contributed by atoms with Gasteiger partial charge in [0.05, 0.1) is 16.8 Å². The van der Waals surface area contributed by atoms with E-state index in [-0.39, 0.29) is 17.6 Å². The zero-order chi connectivity index (χ0) is 20.9. The Balaban J connectivity index is 1.25. The summed E-state index contributed by atoms with van der Waals surface area (Å²) < 4.78 is 13.4. The number of carbonyl (C=O) groups is 2. The molecule has 2 fully saturated rings. The Morgan fingerprint density at radius 2 is 2.03 bits per heavy atom. The van der Waals surface area contributed by atoms with Crippen molar-refractivity contribution < 1.29 is 14.0 Å². The number of H-pyrrole nitrogens is 1. The second-order valence-electron chi connectivity index (χ2n) is 8.40. The maximum absolute atomic E-state index is 13.4. The molecule has 30 heavy (non-hydrogen) atoms. The van der Waals surface area contributed by atoms with Crippen molar-refractivity contribution in [1.29, 1.82) is 0 Å². The van der Waals surface area contributed by atoms with Crippen LogP contribution in [0, 0.1) is 17.2 Å². The monoisotopic (exact) mass is 409 g/mol. The van der Waals surface area contributed by atoms with Crippen LogP contribution in [0.4, 0.5) is 10.2 Å². The number of halogens is 1. The van der Waals surface area contributed by atoms with Crippen molar-refractivity contribution >= 4 is 28.5 Å². The number of allylic oxidation sites excluding steroid dienone is 2. The zero-order valence-corrected chi connectivity index (χ0v) is 16.8. The Morgan fingerprint density at radius 1 is 1.23 bits per heavy atom. The first-order chi connectivity index (χ1) is 14.5. The van der Waals surface area contributed by atoms with E-state index in [4.69, 9.17) is 0 Å². The van der Waals surface area contributed by atoms with Crippen LogP contribution in [0.3, 0.4) is 0 Å². The largest absolute Gasteiger partial charge is 0.352 e. The summed E-state index contributed by atoms with van der Waals surface area (Å²) in [5, 5.41) is 10.7. The first-order valence-corrected chi connectivity index (χ1v) is 10.3. The van der Waals surface area contributed by atoms with Gasteiger partial charge in [-0.3, -0.25) is 24.9 Å². The Kier molecular flexibility index (Phi) is 4.47. The maximum atomic E-state index is 13.4. The molecule has 0 saturated carbocycles. The molecule has 8 heteroatoms. The fourth-order valence-electron chi connectivity index (χ4n) is 4.88. The Morgan fingerprint density at radius 3 is 2.83 bits per heavy atom. The molecule has 2 N–H and O–H groups in total. The van der Waals surface area contributed by atoms with E-state index in [1.807, 2.05) is 25.2 Å². The maximum Gasteiger partial charge on any atom is 0.237 e. The number of rotatable bonds is 4. The van der Waals surface area contributed by atoms with Crippen molar-refractivity contribution in [2.45, 2.75) is 13.3 Å². The number of fused-ring (bicyclic) bond motifs is 2. The standard InChI is InChI=1S/C22H24FN5O2/c1-14-2-5-17-20(29)24-21(30)22(17,13-14)6-7-27-8-10-28(11-9-27)19-16-4-3-15(23)12-18(16)25-26-19/h2-5,12-13,17H,6-11H2,1H3,(H,25,26)(H,24,29,30). The normalized spacial score (nSPS) is 26.8. The summed E-state index contributed by atoms with van der Waals surface area (Å²) in [6.45, 7) is 5.98. The van der Waals surface area contributed by atoms with E-state index < -0.39 is 11.3 Å². The van der Waals surface area contributed by atoms with E-state index in [1.165, 1.54) is 12.1 Å². The number of aromatic amines is 1. The van der Waals surface area contributed by atoms with Gasteiger partial charge in [-0.2, -0.15) is 5.10 Å². The van der Waals surface area contributed by atoms with E-state index >= 15 is 0 Å². The summed E-state index contributed by atoms with van der Waals surface area (Å²) in [5.74, 6) is -0.232. The van der Waals surface area contributed by atoms with Crippen molar-refractivity contribution in [3.8, 4) is 0 Å². The molecule has 5 rings (SSSR count). The second-order valence-corrected chi connectivity index (χ2v) is 8.40. The number of hydrogen-bond acceptors (Lipinski definition) is 5. The third-order valence-electron chi connectivity index (χ3n) is 6.55. The van der Waals surface area contributed by atoms with Crippen molar-refractivity contribution in [2.75, 3.05) is 37.6 Å². The molecule has 1 aromatic carbocycles. The van der Waals surface area contributed by atoms with Gasteiger partial charge in [-0.25, -0.2) is 4.39 Å². The van der Waals surface area contributed by atoms with E-state index in [0.717, 1.165) is 49.5 Å². The van der Waals surface area contributed by atoms with Crippen LogP contribution in [0.5, 0.6) is 0 Å². The Labute approximate surface area is 173 Å². The average molecular weight is 409 g/mol. The molecule has 2 aliphatic heterocycles. The summed E-state index contributed by atoms with van der Waals surface area (Å²) in [7, 11) is 0. The molecule has 2 aromatic rings. The molecule has 2 saturated heterocycles. The fraction of sp³-hybridized carbons (Fsp3) is 0.409. The van der Waals surface area contributed by atoms with Crippen LogP contribution in [-0.4, -0.2) is 59.6 Å². The Hall–Kier alpha value is -3.00. The number of amides is 2. The number of benzene rings is 1. The molecule has 7 nitrogen and oxygen atoms in total. The van der Waals surface area contributed by atoms with Crippen molar-refractivity contribution in [2.24, 2.45) is 11.3 Å². The highest BCUT2D eigenvalue weighted by Crippen LogP contribution is 2.43. The lowest BCUT2D eigenvalue weighted by atomic mass is 9.70. The molecule has 156 valence electrons. The lowest BCUT2D eigenvalue weighted by Gasteiger charge is -2.37. The van der Waals surface area contributed by atoms with Crippen LogP contribution in [0.1, 0.15) is 13.3 Å². The van der Waals surface area contributed by atoms with Crippen LogP contribution >= 0.6 is 0 Å². The van der Waals surface area contributed by atoms with E-state index in [0.29, 0.717) is 11.9 Å². The molecule has 2 atom stereocenters. The minimum atomic E-state index is -0.768. The van der Waals surface area contributed by atoms with Crippen LogP contribution in [-0.2, 0) is 9.59 Å². The van der Waals surface area contributed by atoms with Gasteiger partial charge in [0.1, 0.15) is 5.82 Å². The third kappa shape index (κ3) is 3.02. The average Bonchev–Trinajstić information content (AvgIpc) is 3.25. The van der Waals surface area contributed by atoms with E-state index in [9.17, 15) is 14.0 Å². The molecule has 3 aliphatic rings. The highest BCUT2D eigenvalue weighted by Gasteiger charge is 2.53. The third-order valence-corrected chi connectivity index (χ3v) is 6.55. The molecule has 2 amide bonds. The molecule has 0 radical (unpaired) electrons. The summed E-state index contributed by atoms with van der Waals surface area (Å²) >= 11 is 0. The van der Waals surface area contributed by atoms with Gasteiger partial charge in [0.15, 0.2) is 5.82 Å². The van der Waals surface area contributed by atoms with E-state index in [2.05, 4.69) is 25.3 Å². The van der Waals surface area contributed by atoms with Gasteiger partial charge in [0, 0.05) is 31.6 Å². The van der Waals surface area contributed by atoms with Gasteiger partial charge in [-0.05, 0) is 38.1 Å². The number of piperazine rings is 1. The highest BCUT2D eigenvalue weighted by atomic mass is 19.1. The van der Waals surface area contributed by atoms with E-state index in [1.54, 1.807) is 6.07 Å². The number of aromatic nitrogens is 2. The number of nitrogens with zero attached hydrogens (tertiary/aromatic N) is 3. The Bertz CT molecular complexity index is 1080. The molecular formula is C22H24FN5O2. The minimum absolute atomic E-state index is 0.185. The lowest BCUT2D eigenvalue weighted by molar-refractivity contribution is -0.127. The smallest absolute Gasteiger partial charge is 0.237 e. The van der Waals surface area contributed by atoms with Crippen LogP contribution < -0.4 is 10.2 Å². The highest BCUT2D eigenvalue weighted by molar-refractivity contribution is 6.09. The number of nitrogens with one attached hydrogen (secondary N) is 2. The number of anilines is 1. The topological polar surface area (TPSA) is 81.3 Å². The van der Waals surface area contributed by atoms with Crippen molar-refractivity contribution in [3.63, 3.8) is 0 Å². The molecule has 3 heterocycles. The van der Waals surface area contributed by atoms with Crippen LogP contribution in [0.15, 0.2) is 42.0 Å². The molecule has 0 bridgehead atoms. The summed E-state index contributed by atoms with van der Waals surface area (Å²) in [4.78, 5) is 29.4. The first kappa shape index (κ1) is 19.0. The number of carbonyl (C=O) groups excluding carboxylic acids is 2. The van der Waals surface area contributed by atoms with Gasteiger partial charge in [0.25, 0.3) is 0 Å². The molecular weight excluding hydrogens is 385 g/mol. The number of imide groups is 1. The zero-order valence-electron chi connectivity index (χ0n) is 16.8. The molecule has 0 spiro atoms. The van der Waals surface area contributed by atoms with Gasteiger partial charge in [0.2, 0.25) is 11.8 Å². The quantitative estimate of drug-likeness (QED) is 0.755. The number of hydrogen-bond donors (Lipinski definition) is 2. The summed E-state index contributed by atoms with van der Waals surface area (Å²) in [6.07, 6.45) is 6.35. The predicted molar refractivity (Wildman–Crippen MR) is 111 cm³/mol. The SMILES string of the molecule is CC1=CC2(CCN3CCN(c4n[nH]c5cc(F)ccc45)CC3)C(=O)NC(=O)C2C=C1. The van der Waals surface area contributed by atoms with Crippen LogP contribution in [0.25, 0.3) is 10.9 Å².